The van der Waals surface area contributed by atoms with Gasteiger partial charge in [0.1, 0.15) is 5.82 Å². The van der Waals surface area contributed by atoms with Crippen LogP contribution >= 0.6 is 11.8 Å². The third-order valence-corrected chi connectivity index (χ3v) is 5.10. The summed E-state index contributed by atoms with van der Waals surface area (Å²) in [7, 11) is 0. The van der Waals surface area contributed by atoms with Gasteiger partial charge in [0, 0.05) is 12.4 Å². The molecule has 0 saturated carbocycles. The third kappa shape index (κ3) is 4.71. The lowest BCUT2D eigenvalue weighted by Crippen LogP contribution is -2.05. The summed E-state index contributed by atoms with van der Waals surface area (Å²) in [6.45, 7) is 0.822. The molecule has 0 atom stereocenters. The minimum atomic E-state index is -0.297. The quantitative estimate of drug-likeness (QED) is 0.448. The summed E-state index contributed by atoms with van der Waals surface area (Å²) in [6, 6.07) is 16.7. The topological polar surface area (TPSA) is 50.9 Å². The Morgan fingerprint density at radius 1 is 0.923 bits per heavy atom. The fourth-order valence-electron chi connectivity index (χ4n) is 2.70. The van der Waals surface area contributed by atoms with Crippen LogP contribution in [0.1, 0.15) is 24.8 Å². The van der Waals surface area contributed by atoms with Crippen molar-refractivity contribution in [3.8, 4) is 11.4 Å². The lowest BCUT2D eigenvalue weighted by atomic mass is 10.2. The zero-order valence-corrected chi connectivity index (χ0v) is 15.3. The molecule has 0 fully saturated rings. The van der Waals surface area contributed by atoms with Crippen LogP contribution in [0.3, 0.4) is 0 Å². The molecule has 0 aliphatic heterocycles. The normalized spacial score (nSPS) is 11.0. The van der Waals surface area contributed by atoms with Crippen molar-refractivity contribution in [3.63, 3.8) is 0 Å². The monoisotopic (exact) mass is 371 g/mol. The van der Waals surface area contributed by atoms with Crippen LogP contribution in [0.15, 0.2) is 59.8 Å². The number of aromatic nitrogens is 3. The van der Waals surface area contributed by atoms with Gasteiger partial charge in [-0.1, -0.05) is 60.6 Å². The van der Waals surface area contributed by atoms with Crippen molar-refractivity contribution >= 4 is 11.8 Å². The molecule has 26 heavy (non-hydrogen) atoms. The summed E-state index contributed by atoms with van der Waals surface area (Å²) in [5.74, 6) is 1.14. The molecule has 0 unspecified atom stereocenters. The first-order valence-electron chi connectivity index (χ1n) is 8.75. The number of hydrogen-bond donors (Lipinski definition) is 1. The fraction of sp³-hybridized carbons (Fsp3) is 0.300. The molecule has 3 rings (SSSR count). The van der Waals surface area contributed by atoms with E-state index in [-0.39, 0.29) is 12.4 Å². The maximum Gasteiger partial charge on any atom is 0.191 e. The van der Waals surface area contributed by atoms with Gasteiger partial charge in [0.2, 0.25) is 0 Å². The van der Waals surface area contributed by atoms with Gasteiger partial charge in [-0.15, -0.1) is 10.2 Å². The van der Waals surface area contributed by atoms with Crippen LogP contribution in [0, 0.1) is 5.82 Å². The van der Waals surface area contributed by atoms with Crippen LogP contribution in [0.2, 0.25) is 0 Å². The molecule has 0 radical (unpaired) electrons. The molecule has 1 N–H and O–H groups in total. The molecule has 1 aromatic heterocycles. The first-order chi connectivity index (χ1) is 12.8. The molecule has 0 spiro atoms. The molecule has 6 heteroatoms. The van der Waals surface area contributed by atoms with Crippen molar-refractivity contribution in [2.24, 2.45) is 0 Å². The summed E-state index contributed by atoms with van der Waals surface area (Å²) in [5.41, 5.74) is 1.58. The highest BCUT2D eigenvalue weighted by atomic mass is 32.2. The van der Waals surface area contributed by atoms with Gasteiger partial charge in [-0.25, -0.2) is 4.39 Å². The molecule has 1 heterocycles. The maximum atomic E-state index is 14.3. The van der Waals surface area contributed by atoms with Crippen molar-refractivity contribution < 1.29 is 9.50 Å². The standard InChI is InChI=1S/C20H22FN3OS/c21-18-12-6-5-11-17(18)19-22-23-20(26-14-8-2-7-13-25)24(19)15-16-9-3-1-4-10-16/h1,3-6,9-12,25H,2,7-8,13-15H2. The van der Waals surface area contributed by atoms with Gasteiger partial charge in [0.05, 0.1) is 12.1 Å². The van der Waals surface area contributed by atoms with Crippen molar-refractivity contribution in [3.05, 3.63) is 66.0 Å². The SMILES string of the molecule is OCCCCCSc1nnc(-c2ccccc2F)n1Cc1ccccc1. The number of aliphatic hydroxyl groups excluding tert-OH is 1. The van der Waals surface area contributed by atoms with Crippen molar-refractivity contribution in [2.45, 2.75) is 31.0 Å². The summed E-state index contributed by atoms with van der Waals surface area (Å²) in [5, 5.41) is 18.2. The molecule has 0 aliphatic carbocycles. The lowest BCUT2D eigenvalue weighted by Gasteiger charge is -2.11. The predicted octanol–water partition coefficient (Wildman–Crippen LogP) is 4.39. The second-order valence-corrected chi connectivity index (χ2v) is 7.05. The second-order valence-electron chi connectivity index (χ2n) is 5.99. The Labute approximate surface area is 157 Å². The van der Waals surface area contributed by atoms with E-state index >= 15 is 0 Å². The van der Waals surface area contributed by atoms with E-state index in [0.717, 1.165) is 35.7 Å². The smallest absolute Gasteiger partial charge is 0.191 e. The Hall–Kier alpha value is -2.18. The Kier molecular flexibility index (Phi) is 6.80. The molecule has 136 valence electrons. The van der Waals surface area contributed by atoms with Gasteiger partial charge in [0.15, 0.2) is 11.0 Å². The molecular weight excluding hydrogens is 349 g/mol. The second kappa shape index (κ2) is 9.50. The lowest BCUT2D eigenvalue weighted by molar-refractivity contribution is 0.284. The Bertz CT molecular complexity index is 823. The van der Waals surface area contributed by atoms with Crippen molar-refractivity contribution in [1.82, 2.24) is 14.8 Å². The Balaban J connectivity index is 1.86. The summed E-state index contributed by atoms with van der Waals surface area (Å²) < 4.78 is 16.3. The van der Waals surface area contributed by atoms with Gasteiger partial charge < -0.3 is 5.11 Å². The van der Waals surface area contributed by atoms with Crippen LogP contribution < -0.4 is 0 Å². The van der Waals surface area contributed by atoms with Gasteiger partial charge >= 0.3 is 0 Å². The number of nitrogens with zero attached hydrogens (tertiary/aromatic N) is 3. The van der Waals surface area contributed by atoms with Crippen LogP contribution in [0.25, 0.3) is 11.4 Å². The average molecular weight is 371 g/mol. The van der Waals surface area contributed by atoms with Crippen molar-refractivity contribution in [1.29, 1.82) is 0 Å². The van der Waals surface area contributed by atoms with E-state index in [1.54, 1.807) is 23.9 Å². The minimum absolute atomic E-state index is 0.228. The van der Waals surface area contributed by atoms with Gasteiger partial charge in [0.25, 0.3) is 0 Å². The molecule has 0 saturated heterocycles. The third-order valence-electron chi connectivity index (χ3n) is 4.05. The number of aliphatic hydroxyl groups is 1. The van der Waals surface area contributed by atoms with E-state index in [1.807, 2.05) is 41.0 Å². The fourth-order valence-corrected chi connectivity index (χ4v) is 3.64. The molecule has 4 nitrogen and oxygen atoms in total. The van der Waals surface area contributed by atoms with E-state index in [4.69, 9.17) is 5.11 Å². The average Bonchev–Trinajstić information content (AvgIpc) is 3.05. The van der Waals surface area contributed by atoms with E-state index in [2.05, 4.69) is 10.2 Å². The number of unbranched alkanes of at least 4 members (excludes halogenated alkanes) is 2. The zero-order chi connectivity index (χ0) is 18.2. The maximum absolute atomic E-state index is 14.3. The molecule has 3 aromatic rings. The first kappa shape index (κ1) is 18.6. The highest BCUT2D eigenvalue weighted by Crippen LogP contribution is 2.27. The number of benzene rings is 2. The van der Waals surface area contributed by atoms with Crippen LogP contribution in [-0.4, -0.2) is 32.2 Å². The van der Waals surface area contributed by atoms with Gasteiger partial charge in [-0.3, -0.25) is 4.57 Å². The molecule has 0 bridgehead atoms. The van der Waals surface area contributed by atoms with E-state index in [0.29, 0.717) is 17.9 Å². The highest BCUT2D eigenvalue weighted by Gasteiger charge is 2.17. The largest absolute Gasteiger partial charge is 0.396 e. The predicted molar refractivity (Wildman–Crippen MR) is 103 cm³/mol. The van der Waals surface area contributed by atoms with Gasteiger partial charge in [-0.05, 0) is 30.5 Å². The summed E-state index contributed by atoms with van der Waals surface area (Å²) >= 11 is 1.62. The number of thioether (sulfide) groups is 1. The summed E-state index contributed by atoms with van der Waals surface area (Å²) in [4.78, 5) is 0. The highest BCUT2D eigenvalue weighted by molar-refractivity contribution is 7.99. The van der Waals surface area contributed by atoms with Crippen LogP contribution in [0.5, 0.6) is 0 Å². The molecule has 0 aliphatic rings. The molecule has 0 amide bonds. The van der Waals surface area contributed by atoms with Crippen molar-refractivity contribution in [2.75, 3.05) is 12.4 Å². The number of rotatable bonds is 9. The minimum Gasteiger partial charge on any atom is -0.396 e. The van der Waals surface area contributed by atoms with E-state index in [9.17, 15) is 4.39 Å². The Morgan fingerprint density at radius 2 is 1.69 bits per heavy atom. The van der Waals surface area contributed by atoms with E-state index in [1.165, 1.54) is 6.07 Å². The molecule has 2 aromatic carbocycles. The summed E-state index contributed by atoms with van der Waals surface area (Å²) in [6.07, 6.45) is 2.80. The molecular formula is C20H22FN3OS. The van der Waals surface area contributed by atoms with Crippen LogP contribution in [0.4, 0.5) is 4.39 Å². The van der Waals surface area contributed by atoms with Crippen LogP contribution in [-0.2, 0) is 6.54 Å². The zero-order valence-electron chi connectivity index (χ0n) is 14.5. The van der Waals surface area contributed by atoms with E-state index < -0.39 is 0 Å². The first-order valence-corrected chi connectivity index (χ1v) is 9.74. The number of hydrogen-bond acceptors (Lipinski definition) is 4. The Morgan fingerprint density at radius 3 is 2.46 bits per heavy atom. The number of halogens is 1. The van der Waals surface area contributed by atoms with Gasteiger partial charge in [-0.2, -0.15) is 0 Å².